The van der Waals surface area contributed by atoms with Crippen molar-refractivity contribution in [3.05, 3.63) is 36.4 Å². The lowest BCUT2D eigenvalue weighted by Gasteiger charge is -2.08. The molecule has 0 aromatic heterocycles. The Balaban J connectivity index is 0.000000250. The summed E-state index contributed by atoms with van der Waals surface area (Å²) in [5.74, 6) is 2.24. The van der Waals surface area contributed by atoms with Crippen LogP contribution in [0.1, 0.15) is 19.3 Å². The monoisotopic (exact) mass is 259 g/mol. The van der Waals surface area contributed by atoms with Crippen molar-refractivity contribution in [1.29, 1.82) is 0 Å². The number of carbonyl (C=O) groups is 2. The van der Waals surface area contributed by atoms with E-state index in [1.165, 1.54) is 0 Å². The standard InChI is InChI=1S/C9H11NO3.C6H6/c1-2-3-4-5-8(11)10-6-7-13-9(10)12;1-2-4-6-5-3-1/h1H,3-7H2;1-6H. The first-order valence-electron chi connectivity index (χ1n) is 6.16. The van der Waals surface area contributed by atoms with Gasteiger partial charge in [0.2, 0.25) is 5.91 Å². The molecule has 0 atom stereocenters. The number of benzene rings is 1. The Morgan fingerprint density at radius 1 is 1.26 bits per heavy atom. The smallest absolute Gasteiger partial charge is 0.416 e. The molecule has 0 N–H and O–H groups in total. The van der Waals surface area contributed by atoms with Crippen LogP contribution in [-0.4, -0.2) is 30.1 Å². The summed E-state index contributed by atoms with van der Waals surface area (Å²) in [6.07, 6.45) is 6.00. The fraction of sp³-hybridized carbons (Fsp3) is 0.333. The van der Waals surface area contributed by atoms with E-state index >= 15 is 0 Å². The number of imide groups is 1. The predicted molar refractivity (Wildman–Crippen MR) is 72.2 cm³/mol. The fourth-order valence-electron chi connectivity index (χ4n) is 1.48. The Morgan fingerprint density at radius 3 is 2.26 bits per heavy atom. The molecule has 100 valence electrons. The van der Waals surface area contributed by atoms with E-state index in [4.69, 9.17) is 6.42 Å². The Hall–Kier alpha value is -2.28. The van der Waals surface area contributed by atoms with Crippen LogP contribution in [0.2, 0.25) is 0 Å². The summed E-state index contributed by atoms with van der Waals surface area (Å²) in [6.45, 7) is 0.674. The molecule has 0 bridgehead atoms. The van der Waals surface area contributed by atoms with Gasteiger partial charge in [-0.2, -0.15) is 0 Å². The lowest BCUT2D eigenvalue weighted by molar-refractivity contribution is -0.127. The van der Waals surface area contributed by atoms with Gasteiger partial charge in [-0.15, -0.1) is 12.3 Å². The number of unbranched alkanes of at least 4 members (excludes halogenated alkanes) is 1. The molecule has 19 heavy (non-hydrogen) atoms. The Labute approximate surface area is 113 Å². The molecule has 4 heteroatoms. The largest absolute Gasteiger partial charge is 0.447 e. The molecule has 1 fully saturated rings. The van der Waals surface area contributed by atoms with E-state index in [2.05, 4.69) is 10.7 Å². The second kappa shape index (κ2) is 8.76. The molecule has 1 aliphatic rings. The first-order chi connectivity index (χ1) is 9.25. The zero-order chi connectivity index (χ0) is 13.9. The number of amides is 2. The molecule has 1 aromatic rings. The van der Waals surface area contributed by atoms with Gasteiger partial charge in [0.1, 0.15) is 6.61 Å². The van der Waals surface area contributed by atoms with Gasteiger partial charge in [-0.05, 0) is 6.42 Å². The number of hydrogen-bond donors (Lipinski definition) is 0. The van der Waals surface area contributed by atoms with Crippen molar-refractivity contribution in [3.8, 4) is 12.3 Å². The first-order valence-corrected chi connectivity index (χ1v) is 6.16. The van der Waals surface area contributed by atoms with Gasteiger partial charge in [0, 0.05) is 12.8 Å². The lowest BCUT2D eigenvalue weighted by Crippen LogP contribution is -2.31. The molecule has 1 heterocycles. The zero-order valence-corrected chi connectivity index (χ0v) is 10.7. The van der Waals surface area contributed by atoms with E-state index in [-0.39, 0.29) is 5.91 Å². The molecule has 2 rings (SSSR count). The molecular formula is C15H17NO3. The van der Waals surface area contributed by atoms with Crippen LogP contribution in [0.3, 0.4) is 0 Å². The third-order valence-electron chi connectivity index (χ3n) is 2.44. The summed E-state index contributed by atoms with van der Waals surface area (Å²) in [4.78, 5) is 23.3. The van der Waals surface area contributed by atoms with Gasteiger partial charge in [0.05, 0.1) is 6.54 Å². The van der Waals surface area contributed by atoms with Gasteiger partial charge in [0.25, 0.3) is 0 Å². The van der Waals surface area contributed by atoms with Crippen LogP contribution in [0, 0.1) is 12.3 Å². The van der Waals surface area contributed by atoms with E-state index in [1.807, 2.05) is 36.4 Å². The van der Waals surface area contributed by atoms with Gasteiger partial charge in [-0.25, -0.2) is 9.69 Å². The molecule has 1 aliphatic heterocycles. The Kier molecular flexibility index (Phi) is 6.81. The third-order valence-corrected chi connectivity index (χ3v) is 2.44. The van der Waals surface area contributed by atoms with Crippen LogP contribution in [0.5, 0.6) is 0 Å². The normalized spacial score (nSPS) is 13.0. The highest BCUT2D eigenvalue weighted by atomic mass is 16.6. The topological polar surface area (TPSA) is 46.6 Å². The molecule has 0 unspecified atom stereocenters. The first kappa shape index (κ1) is 14.8. The maximum atomic E-state index is 11.3. The number of cyclic esters (lactones) is 1. The molecule has 1 saturated heterocycles. The van der Waals surface area contributed by atoms with Crippen LogP contribution in [0.4, 0.5) is 4.79 Å². The average Bonchev–Trinajstić information content (AvgIpc) is 2.88. The second-order valence-electron chi connectivity index (χ2n) is 3.87. The van der Waals surface area contributed by atoms with Crippen molar-refractivity contribution in [1.82, 2.24) is 4.90 Å². The maximum Gasteiger partial charge on any atom is 0.416 e. The van der Waals surface area contributed by atoms with Gasteiger partial charge in [-0.3, -0.25) is 4.79 Å². The molecule has 0 aliphatic carbocycles. The molecule has 1 aromatic carbocycles. The van der Waals surface area contributed by atoms with Crippen LogP contribution in [0.25, 0.3) is 0 Å². The quantitative estimate of drug-likeness (QED) is 0.618. The minimum absolute atomic E-state index is 0.197. The van der Waals surface area contributed by atoms with Gasteiger partial charge < -0.3 is 4.74 Å². The van der Waals surface area contributed by atoms with Crippen LogP contribution >= 0.6 is 0 Å². The molecule has 0 radical (unpaired) electrons. The summed E-state index contributed by atoms with van der Waals surface area (Å²) < 4.78 is 4.62. The third kappa shape index (κ3) is 5.73. The second-order valence-corrected chi connectivity index (χ2v) is 3.87. The number of carbonyl (C=O) groups excluding carboxylic acids is 2. The number of rotatable bonds is 3. The summed E-state index contributed by atoms with van der Waals surface area (Å²) in [5.41, 5.74) is 0. The SMILES string of the molecule is C#CCCCC(=O)N1CCOC1=O.c1ccccc1. The van der Waals surface area contributed by atoms with Crippen molar-refractivity contribution in [3.63, 3.8) is 0 Å². The predicted octanol–water partition coefficient (Wildman–Crippen LogP) is 2.46. The van der Waals surface area contributed by atoms with E-state index in [9.17, 15) is 9.59 Å². The number of hydrogen-bond acceptors (Lipinski definition) is 3. The maximum absolute atomic E-state index is 11.3. The number of terminal acetylenes is 1. The molecular weight excluding hydrogens is 242 g/mol. The minimum Gasteiger partial charge on any atom is -0.447 e. The lowest BCUT2D eigenvalue weighted by atomic mass is 10.2. The van der Waals surface area contributed by atoms with E-state index in [0.29, 0.717) is 32.4 Å². The number of ether oxygens (including phenoxy) is 1. The van der Waals surface area contributed by atoms with Crippen LogP contribution in [-0.2, 0) is 9.53 Å². The highest BCUT2D eigenvalue weighted by molar-refractivity contribution is 5.92. The highest BCUT2D eigenvalue weighted by Crippen LogP contribution is 2.07. The Bertz CT molecular complexity index is 410. The van der Waals surface area contributed by atoms with Crippen molar-refractivity contribution in [2.24, 2.45) is 0 Å². The fourth-order valence-corrected chi connectivity index (χ4v) is 1.48. The van der Waals surface area contributed by atoms with E-state index in [0.717, 1.165) is 4.90 Å². The minimum atomic E-state index is -0.536. The van der Waals surface area contributed by atoms with Gasteiger partial charge in [-0.1, -0.05) is 36.4 Å². The van der Waals surface area contributed by atoms with Crippen LogP contribution < -0.4 is 0 Å². The van der Waals surface area contributed by atoms with Crippen LogP contribution in [0.15, 0.2) is 36.4 Å². The summed E-state index contributed by atoms with van der Waals surface area (Å²) in [7, 11) is 0. The number of nitrogens with zero attached hydrogens (tertiary/aromatic N) is 1. The molecule has 0 saturated carbocycles. The molecule has 0 spiro atoms. The zero-order valence-electron chi connectivity index (χ0n) is 10.7. The van der Waals surface area contributed by atoms with E-state index < -0.39 is 6.09 Å². The average molecular weight is 259 g/mol. The van der Waals surface area contributed by atoms with Gasteiger partial charge in [0.15, 0.2) is 0 Å². The van der Waals surface area contributed by atoms with Crippen molar-refractivity contribution >= 4 is 12.0 Å². The van der Waals surface area contributed by atoms with E-state index in [1.54, 1.807) is 0 Å². The van der Waals surface area contributed by atoms with Gasteiger partial charge >= 0.3 is 6.09 Å². The summed E-state index contributed by atoms with van der Waals surface area (Å²) in [5, 5.41) is 0. The summed E-state index contributed by atoms with van der Waals surface area (Å²) in [6, 6.07) is 12.0. The van der Waals surface area contributed by atoms with Crippen molar-refractivity contribution < 1.29 is 14.3 Å². The summed E-state index contributed by atoms with van der Waals surface area (Å²) >= 11 is 0. The molecule has 4 nitrogen and oxygen atoms in total. The molecule has 2 amide bonds. The highest BCUT2D eigenvalue weighted by Gasteiger charge is 2.27. The van der Waals surface area contributed by atoms with Crippen molar-refractivity contribution in [2.45, 2.75) is 19.3 Å². The Morgan fingerprint density at radius 2 is 1.84 bits per heavy atom. The van der Waals surface area contributed by atoms with Crippen molar-refractivity contribution in [2.75, 3.05) is 13.2 Å².